The Labute approximate surface area is 160 Å². The van der Waals surface area contributed by atoms with Gasteiger partial charge in [-0.2, -0.15) is 0 Å². The third kappa shape index (κ3) is 4.60. The summed E-state index contributed by atoms with van der Waals surface area (Å²) >= 11 is 9.65. The number of carbonyl (C=O) groups is 2. The van der Waals surface area contributed by atoms with Crippen molar-refractivity contribution in [3.8, 4) is 0 Å². The van der Waals surface area contributed by atoms with Crippen molar-refractivity contribution >= 4 is 46.9 Å². The first-order valence-electron chi connectivity index (χ1n) is 7.88. The molecule has 1 heterocycles. The van der Waals surface area contributed by atoms with Crippen LogP contribution in [0.15, 0.2) is 48.5 Å². The van der Waals surface area contributed by atoms with Gasteiger partial charge in [-0.15, -0.1) is 23.5 Å². The van der Waals surface area contributed by atoms with Crippen LogP contribution in [0.1, 0.15) is 37.8 Å². The number of thioether (sulfide) groups is 2. The molecule has 0 aliphatic carbocycles. The highest BCUT2D eigenvalue weighted by atomic mass is 35.5. The van der Waals surface area contributed by atoms with Gasteiger partial charge in [0.15, 0.2) is 6.10 Å². The van der Waals surface area contributed by atoms with Crippen molar-refractivity contribution in [2.45, 2.75) is 17.6 Å². The first-order valence-corrected chi connectivity index (χ1v) is 10.4. The Morgan fingerprint density at radius 2 is 1.56 bits per heavy atom. The van der Waals surface area contributed by atoms with E-state index in [4.69, 9.17) is 16.3 Å². The Morgan fingerprint density at radius 1 is 1.00 bits per heavy atom. The van der Waals surface area contributed by atoms with Crippen LogP contribution in [0, 0.1) is 0 Å². The normalized spacial score (nSPS) is 15.8. The van der Waals surface area contributed by atoms with E-state index in [1.807, 2.05) is 35.7 Å². The van der Waals surface area contributed by atoms with Crippen LogP contribution in [0.25, 0.3) is 0 Å². The van der Waals surface area contributed by atoms with Gasteiger partial charge >= 0.3 is 5.97 Å². The topological polar surface area (TPSA) is 43.4 Å². The maximum Gasteiger partial charge on any atom is 0.338 e. The van der Waals surface area contributed by atoms with Gasteiger partial charge in [0.25, 0.3) is 0 Å². The van der Waals surface area contributed by atoms with Crippen molar-refractivity contribution in [1.82, 2.24) is 0 Å². The van der Waals surface area contributed by atoms with Gasteiger partial charge in [-0.05, 0) is 48.9 Å². The lowest BCUT2D eigenvalue weighted by Crippen LogP contribution is -2.24. The van der Waals surface area contributed by atoms with E-state index in [2.05, 4.69) is 0 Å². The summed E-state index contributed by atoms with van der Waals surface area (Å²) in [6.45, 7) is 1.58. The predicted molar refractivity (Wildman–Crippen MR) is 105 cm³/mol. The average molecular weight is 393 g/mol. The standard InChI is InChI=1S/C19H17ClO3S2/c1-12(17(21)13-6-8-16(20)9-7-13)23-18(22)14-2-4-15(5-3-14)19-24-10-11-25-19/h2-9,12,19H,10-11H2,1H3/t12-/m1/s1. The maximum atomic E-state index is 12.3. The highest BCUT2D eigenvalue weighted by Crippen LogP contribution is 2.45. The Morgan fingerprint density at radius 3 is 2.16 bits per heavy atom. The molecule has 2 aromatic rings. The molecule has 3 nitrogen and oxygen atoms in total. The van der Waals surface area contributed by atoms with Crippen LogP contribution in [0.2, 0.25) is 5.02 Å². The Hall–Kier alpha value is -1.43. The maximum absolute atomic E-state index is 12.3. The zero-order valence-electron chi connectivity index (χ0n) is 13.6. The molecule has 0 spiro atoms. The van der Waals surface area contributed by atoms with Gasteiger partial charge in [0.1, 0.15) is 0 Å². The van der Waals surface area contributed by atoms with E-state index in [0.717, 1.165) is 11.5 Å². The number of benzene rings is 2. The van der Waals surface area contributed by atoms with Crippen molar-refractivity contribution < 1.29 is 14.3 Å². The zero-order chi connectivity index (χ0) is 17.8. The molecule has 25 heavy (non-hydrogen) atoms. The fraction of sp³-hybridized carbons (Fsp3) is 0.263. The summed E-state index contributed by atoms with van der Waals surface area (Å²) in [4.78, 5) is 24.6. The minimum absolute atomic E-state index is 0.250. The first kappa shape index (κ1) is 18.4. The van der Waals surface area contributed by atoms with Gasteiger partial charge in [0.2, 0.25) is 5.78 Å². The number of esters is 1. The summed E-state index contributed by atoms with van der Waals surface area (Å²) in [5.74, 6) is 1.57. The SMILES string of the molecule is C[C@@H](OC(=O)c1ccc(C2SCCS2)cc1)C(=O)c1ccc(Cl)cc1. The molecule has 1 aliphatic rings. The van der Waals surface area contributed by atoms with E-state index in [1.165, 1.54) is 5.56 Å². The quantitative estimate of drug-likeness (QED) is 0.513. The van der Waals surface area contributed by atoms with Gasteiger partial charge in [0, 0.05) is 22.1 Å². The smallest absolute Gasteiger partial charge is 0.338 e. The molecule has 6 heteroatoms. The first-order chi connectivity index (χ1) is 12.0. The fourth-order valence-corrected chi connectivity index (χ4v) is 5.44. The second kappa shape index (κ2) is 8.30. The fourth-order valence-electron chi connectivity index (χ4n) is 2.46. The number of rotatable bonds is 5. The van der Waals surface area contributed by atoms with Crippen molar-refractivity contribution in [1.29, 1.82) is 0 Å². The molecule has 2 aromatic carbocycles. The van der Waals surface area contributed by atoms with Crippen LogP contribution < -0.4 is 0 Å². The molecule has 0 bridgehead atoms. The minimum atomic E-state index is -0.853. The predicted octanol–water partition coefficient (Wildman–Crippen LogP) is 5.25. The van der Waals surface area contributed by atoms with Crippen LogP contribution in [-0.2, 0) is 4.74 Å². The monoisotopic (exact) mass is 392 g/mol. The Balaban J connectivity index is 1.62. The summed E-state index contributed by atoms with van der Waals surface area (Å²) in [7, 11) is 0. The van der Waals surface area contributed by atoms with Gasteiger partial charge in [0.05, 0.1) is 10.1 Å². The molecule has 0 unspecified atom stereocenters. The van der Waals surface area contributed by atoms with Crippen LogP contribution >= 0.6 is 35.1 Å². The molecule has 0 N–H and O–H groups in total. The molecule has 0 aromatic heterocycles. The van der Waals surface area contributed by atoms with E-state index < -0.39 is 12.1 Å². The van der Waals surface area contributed by atoms with Gasteiger partial charge in [-0.3, -0.25) is 4.79 Å². The second-order valence-electron chi connectivity index (χ2n) is 5.61. The molecular formula is C19H17ClO3S2. The van der Waals surface area contributed by atoms with Crippen LogP contribution in [0.5, 0.6) is 0 Å². The van der Waals surface area contributed by atoms with Gasteiger partial charge in [-0.1, -0.05) is 23.7 Å². The number of hydrogen-bond donors (Lipinski definition) is 0. The highest BCUT2D eigenvalue weighted by Gasteiger charge is 2.22. The van der Waals surface area contributed by atoms with Crippen molar-refractivity contribution in [3.05, 3.63) is 70.2 Å². The number of Topliss-reactive ketones (excluding diaryl/α,β-unsaturated/α-hetero) is 1. The second-order valence-corrected chi connectivity index (χ2v) is 8.78. The van der Waals surface area contributed by atoms with E-state index in [9.17, 15) is 9.59 Å². The lowest BCUT2D eigenvalue weighted by Gasteiger charge is -2.13. The summed E-state index contributed by atoms with van der Waals surface area (Å²) in [5, 5.41) is 0.555. The summed E-state index contributed by atoms with van der Waals surface area (Å²) in [6.07, 6.45) is -0.853. The molecule has 3 rings (SSSR count). The largest absolute Gasteiger partial charge is 0.451 e. The van der Waals surface area contributed by atoms with Gasteiger partial charge in [-0.25, -0.2) is 4.79 Å². The third-order valence-electron chi connectivity index (χ3n) is 3.82. The number of ether oxygens (including phenoxy) is 1. The molecule has 0 saturated carbocycles. The molecular weight excluding hydrogens is 376 g/mol. The molecule has 0 amide bonds. The van der Waals surface area contributed by atoms with Crippen molar-refractivity contribution in [2.75, 3.05) is 11.5 Å². The van der Waals surface area contributed by atoms with Crippen molar-refractivity contribution in [3.63, 3.8) is 0 Å². The van der Waals surface area contributed by atoms with E-state index >= 15 is 0 Å². The number of carbonyl (C=O) groups excluding carboxylic acids is 2. The summed E-state index contributed by atoms with van der Waals surface area (Å²) < 4.78 is 5.76. The van der Waals surface area contributed by atoms with Gasteiger partial charge < -0.3 is 4.74 Å². The molecule has 0 radical (unpaired) electrons. The summed E-state index contributed by atoms with van der Waals surface area (Å²) in [5.41, 5.74) is 2.12. The summed E-state index contributed by atoms with van der Waals surface area (Å²) in [6, 6.07) is 14.0. The molecule has 1 aliphatic heterocycles. The lowest BCUT2D eigenvalue weighted by molar-refractivity contribution is 0.0319. The third-order valence-corrected chi connectivity index (χ3v) is 7.18. The highest BCUT2D eigenvalue weighted by molar-refractivity contribution is 8.19. The molecule has 1 atom stereocenters. The Bertz CT molecular complexity index is 753. The number of halogens is 1. The Kier molecular flexibility index (Phi) is 6.10. The molecule has 130 valence electrons. The zero-order valence-corrected chi connectivity index (χ0v) is 16.0. The minimum Gasteiger partial charge on any atom is -0.451 e. The van der Waals surface area contributed by atoms with Crippen LogP contribution in [0.4, 0.5) is 0 Å². The van der Waals surface area contributed by atoms with Crippen LogP contribution in [-0.4, -0.2) is 29.4 Å². The average Bonchev–Trinajstić information content (AvgIpc) is 3.16. The molecule has 1 saturated heterocycles. The van der Waals surface area contributed by atoms with E-state index in [0.29, 0.717) is 20.7 Å². The van der Waals surface area contributed by atoms with Crippen molar-refractivity contribution in [2.24, 2.45) is 0 Å². The lowest BCUT2D eigenvalue weighted by atomic mass is 10.1. The van der Waals surface area contributed by atoms with Crippen LogP contribution in [0.3, 0.4) is 0 Å². The number of hydrogen-bond acceptors (Lipinski definition) is 5. The number of ketones is 1. The van der Waals surface area contributed by atoms with E-state index in [-0.39, 0.29) is 5.78 Å². The van der Waals surface area contributed by atoms with E-state index in [1.54, 1.807) is 43.3 Å². The molecule has 1 fully saturated rings.